The fourth-order valence-electron chi connectivity index (χ4n) is 5.45. The van der Waals surface area contributed by atoms with Gasteiger partial charge in [-0.15, -0.1) is 0 Å². The molecule has 2 heterocycles. The van der Waals surface area contributed by atoms with E-state index in [2.05, 4.69) is 0 Å². The van der Waals surface area contributed by atoms with Gasteiger partial charge in [0.15, 0.2) is 0 Å². The van der Waals surface area contributed by atoms with Crippen LogP contribution in [0.4, 0.5) is 10.5 Å². The summed E-state index contributed by atoms with van der Waals surface area (Å²) >= 11 is 0. The molecule has 0 unspecified atom stereocenters. The summed E-state index contributed by atoms with van der Waals surface area (Å²) in [5.74, 6) is -0.869. The molecule has 46 heavy (non-hydrogen) atoms. The van der Waals surface area contributed by atoms with E-state index in [9.17, 15) is 19.5 Å². The van der Waals surface area contributed by atoms with Crippen LogP contribution >= 0.6 is 0 Å². The number of carbonyl (C=O) groups is 3. The number of carbonyl (C=O) groups excluding carboxylic acids is 3. The number of carboxylic acids is 1. The maximum atomic E-state index is 13.7. The van der Waals surface area contributed by atoms with Gasteiger partial charge in [-0.3, -0.25) is 4.79 Å². The van der Waals surface area contributed by atoms with Crippen molar-refractivity contribution < 1.29 is 47.8 Å². The van der Waals surface area contributed by atoms with Gasteiger partial charge in [0.05, 0.1) is 11.5 Å². The summed E-state index contributed by atoms with van der Waals surface area (Å²) in [5, 5.41) is 12.4. The Bertz CT molecular complexity index is 1740. The molecule has 0 bridgehead atoms. The molecule has 234 valence electrons. The van der Waals surface area contributed by atoms with Crippen LogP contribution in [0.25, 0.3) is 11.3 Å². The number of fused-ring (bicyclic) bond motifs is 1. The standard InChI is InChI=1S/C36H39N3O6.Li/c1-23-29(33(40)38(6)27-12-14-28(15-13-27)44-22-24-10-8-7-9-11-24)20-32(37(23)5)30-18-25-16-17-39(35(43)45-36(2,3)4)21-26(25)19-31(30)34(41)42;/h7-15,18-20H,16-17,21-22H2,1-6H3,(H,41,42);/q;+1/p-1. The molecule has 0 saturated heterocycles. The maximum absolute atomic E-state index is 13.7. The predicted octanol–water partition coefficient (Wildman–Crippen LogP) is 2.52. The van der Waals surface area contributed by atoms with Crippen molar-refractivity contribution in [2.24, 2.45) is 7.05 Å². The first kappa shape index (κ1) is 34.4. The van der Waals surface area contributed by atoms with E-state index < -0.39 is 17.7 Å². The largest absolute Gasteiger partial charge is 1.00 e. The number of ether oxygens (including phenoxy) is 2. The topological polar surface area (TPSA) is 104 Å². The third kappa shape index (κ3) is 7.49. The summed E-state index contributed by atoms with van der Waals surface area (Å²) < 4.78 is 13.2. The van der Waals surface area contributed by atoms with E-state index in [0.717, 1.165) is 16.7 Å². The molecule has 2 amide bonds. The quantitative estimate of drug-likeness (QED) is 0.296. The van der Waals surface area contributed by atoms with Gasteiger partial charge in [-0.1, -0.05) is 30.3 Å². The van der Waals surface area contributed by atoms with Crippen molar-refractivity contribution in [1.82, 2.24) is 9.47 Å². The first-order valence-electron chi connectivity index (χ1n) is 14.9. The number of aromatic carboxylic acids is 1. The number of nitrogens with zero attached hydrogens (tertiary/aromatic N) is 3. The van der Waals surface area contributed by atoms with Gasteiger partial charge in [0.2, 0.25) is 0 Å². The molecular formula is C36H38LiN3O6. The summed E-state index contributed by atoms with van der Waals surface area (Å²) in [7, 11) is 3.51. The minimum absolute atomic E-state index is 0. The zero-order valence-electron chi connectivity index (χ0n) is 27.5. The summed E-state index contributed by atoms with van der Waals surface area (Å²) in [5.41, 5.74) is 4.99. The van der Waals surface area contributed by atoms with Crippen LogP contribution in [0.15, 0.2) is 72.8 Å². The molecule has 0 atom stereocenters. The van der Waals surface area contributed by atoms with Crippen molar-refractivity contribution >= 4 is 23.7 Å². The van der Waals surface area contributed by atoms with E-state index in [1.165, 1.54) is 0 Å². The molecule has 0 aliphatic carbocycles. The summed E-state index contributed by atoms with van der Waals surface area (Å²) in [4.78, 5) is 41.9. The first-order valence-corrected chi connectivity index (χ1v) is 14.9. The fraction of sp³-hybridized carbons (Fsp3) is 0.306. The Hall–Kier alpha value is -4.45. The van der Waals surface area contributed by atoms with Gasteiger partial charge in [0.25, 0.3) is 5.91 Å². The van der Waals surface area contributed by atoms with Crippen LogP contribution in [0.1, 0.15) is 63.9 Å². The van der Waals surface area contributed by atoms with Crippen molar-refractivity contribution in [2.75, 3.05) is 18.5 Å². The average molecular weight is 616 g/mol. The van der Waals surface area contributed by atoms with Crippen molar-refractivity contribution in [2.45, 2.75) is 52.9 Å². The van der Waals surface area contributed by atoms with Gasteiger partial charge in [0, 0.05) is 55.4 Å². The van der Waals surface area contributed by atoms with Crippen LogP contribution in [0.5, 0.6) is 5.75 Å². The number of amides is 2. The minimum atomic E-state index is -1.33. The average Bonchev–Trinajstić information content (AvgIpc) is 3.31. The van der Waals surface area contributed by atoms with E-state index in [1.807, 2.05) is 79.2 Å². The minimum Gasteiger partial charge on any atom is -0.545 e. The van der Waals surface area contributed by atoms with Crippen LogP contribution < -0.4 is 33.6 Å². The molecule has 3 aromatic carbocycles. The molecule has 1 aliphatic rings. The number of hydrogen-bond donors (Lipinski definition) is 0. The Labute approximate surface area is 281 Å². The van der Waals surface area contributed by atoms with Gasteiger partial charge < -0.3 is 33.7 Å². The normalized spacial score (nSPS) is 12.5. The number of aromatic nitrogens is 1. The monoisotopic (exact) mass is 615 g/mol. The van der Waals surface area contributed by atoms with Crippen LogP contribution in [-0.4, -0.2) is 46.6 Å². The van der Waals surface area contributed by atoms with Gasteiger partial charge >= 0.3 is 25.0 Å². The maximum Gasteiger partial charge on any atom is 1.00 e. The van der Waals surface area contributed by atoms with Crippen LogP contribution in [0.3, 0.4) is 0 Å². The number of hydrogen-bond acceptors (Lipinski definition) is 6. The molecule has 0 spiro atoms. The van der Waals surface area contributed by atoms with Crippen molar-refractivity contribution in [1.29, 1.82) is 0 Å². The molecule has 0 fully saturated rings. The second-order valence-corrected chi connectivity index (χ2v) is 12.3. The SMILES string of the molecule is Cc1c(C(=O)N(C)c2ccc(OCc3ccccc3)cc2)cc(-c2cc3c(cc2C(=O)[O-])CN(C(=O)OC(C)(C)C)CC3)n1C.[Li+]. The summed E-state index contributed by atoms with van der Waals surface area (Å²) in [6.07, 6.45) is 0.102. The molecule has 0 N–H and O–H groups in total. The molecule has 1 aromatic heterocycles. The Kier molecular flexibility index (Phi) is 10.4. The molecule has 5 rings (SSSR count). The molecule has 0 saturated carbocycles. The van der Waals surface area contributed by atoms with Crippen molar-refractivity contribution in [3.8, 4) is 17.0 Å². The molecule has 1 aliphatic heterocycles. The van der Waals surface area contributed by atoms with Crippen LogP contribution in [-0.2, 0) is 31.4 Å². The number of benzene rings is 3. The van der Waals surface area contributed by atoms with Crippen molar-refractivity contribution in [3.05, 3.63) is 106 Å². The Balaban J connectivity index is 0.00000480. The van der Waals surface area contributed by atoms with Crippen molar-refractivity contribution in [3.63, 3.8) is 0 Å². The van der Waals surface area contributed by atoms with Gasteiger partial charge in [-0.25, -0.2) is 4.79 Å². The van der Waals surface area contributed by atoms with Gasteiger partial charge in [-0.05, 0) is 93.3 Å². The molecule has 0 radical (unpaired) electrons. The zero-order chi connectivity index (χ0) is 32.5. The van der Waals surface area contributed by atoms with Crippen LogP contribution in [0.2, 0.25) is 0 Å². The smallest absolute Gasteiger partial charge is 0.545 e. The number of rotatable bonds is 7. The second-order valence-electron chi connectivity index (χ2n) is 12.3. The number of carboxylic acid groups (broad SMARTS) is 1. The molecule has 10 heteroatoms. The Morgan fingerprint density at radius 2 is 1.61 bits per heavy atom. The molecular weight excluding hydrogens is 577 g/mol. The van der Waals surface area contributed by atoms with Gasteiger partial charge in [-0.2, -0.15) is 0 Å². The van der Waals surface area contributed by atoms with E-state index in [1.54, 1.807) is 49.8 Å². The number of anilines is 1. The van der Waals surface area contributed by atoms with E-state index in [4.69, 9.17) is 9.47 Å². The van der Waals surface area contributed by atoms with Gasteiger partial charge in [0.1, 0.15) is 18.0 Å². The van der Waals surface area contributed by atoms with E-state index in [0.29, 0.717) is 53.5 Å². The zero-order valence-corrected chi connectivity index (χ0v) is 27.5. The Morgan fingerprint density at radius 3 is 2.24 bits per heavy atom. The summed E-state index contributed by atoms with van der Waals surface area (Å²) in [6.45, 7) is 8.38. The first-order chi connectivity index (χ1) is 21.3. The third-order valence-corrected chi connectivity index (χ3v) is 8.04. The van der Waals surface area contributed by atoms with E-state index >= 15 is 0 Å². The summed E-state index contributed by atoms with van der Waals surface area (Å²) in [6, 6.07) is 22.3. The molecule has 9 nitrogen and oxygen atoms in total. The Morgan fingerprint density at radius 1 is 0.935 bits per heavy atom. The second kappa shape index (κ2) is 13.9. The fourth-order valence-corrected chi connectivity index (χ4v) is 5.45. The van der Waals surface area contributed by atoms with Crippen LogP contribution in [0, 0.1) is 6.92 Å². The predicted molar refractivity (Wildman–Crippen MR) is 170 cm³/mol. The molecule has 4 aromatic rings. The van der Waals surface area contributed by atoms with E-state index in [-0.39, 0.29) is 36.9 Å². The third-order valence-electron chi connectivity index (χ3n) is 8.04.